The van der Waals surface area contributed by atoms with Gasteiger partial charge in [-0.1, -0.05) is 36.0 Å². The van der Waals surface area contributed by atoms with Gasteiger partial charge in [-0.15, -0.1) is 0 Å². The summed E-state index contributed by atoms with van der Waals surface area (Å²) in [4.78, 5) is 0.259. The van der Waals surface area contributed by atoms with Crippen LogP contribution in [0.5, 0.6) is 11.5 Å². The van der Waals surface area contributed by atoms with Gasteiger partial charge in [0.05, 0.1) is 5.02 Å². The fraction of sp³-hybridized carbons (Fsp3) is 0.133. The Labute approximate surface area is 127 Å². The molecule has 20 heavy (non-hydrogen) atoms. The first kappa shape index (κ1) is 14.8. The standard InChI is InChI=1S/C15H14ClNO2S/c16-14-9-12(5-6-13(14)15(17)20)19-11-3-1-10(2-4-11)7-8-18/h1-6,9,18H,7-8H2,(H2,17,20). The molecule has 0 unspecified atom stereocenters. The summed E-state index contributed by atoms with van der Waals surface area (Å²) < 4.78 is 5.70. The fourth-order valence-electron chi connectivity index (χ4n) is 1.75. The van der Waals surface area contributed by atoms with E-state index in [1.54, 1.807) is 18.2 Å². The van der Waals surface area contributed by atoms with Crippen molar-refractivity contribution in [3.05, 3.63) is 58.6 Å². The van der Waals surface area contributed by atoms with Crippen molar-refractivity contribution in [1.29, 1.82) is 0 Å². The second-order valence-electron chi connectivity index (χ2n) is 4.23. The Morgan fingerprint density at radius 3 is 2.35 bits per heavy atom. The molecule has 3 N–H and O–H groups in total. The average molecular weight is 308 g/mol. The summed E-state index contributed by atoms with van der Waals surface area (Å²) in [6, 6.07) is 12.7. The van der Waals surface area contributed by atoms with Crippen molar-refractivity contribution in [2.24, 2.45) is 5.73 Å². The molecule has 104 valence electrons. The monoisotopic (exact) mass is 307 g/mol. The fourth-order valence-corrected chi connectivity index (χ4v) is 2.25. The Bertz CT molecular complexity index is 614. The molecule has 0 fully saturated rings. The number of nitrogens with two attached hydrogens (primary N) is 1. The number of halogens is 1. The van der Waals surface area contributed by atoms with Crippen molar-refractivity contribution >= 4 is 28.8 Å². The largest absolute Gasteiger partial charge is 0.457 e. The zero-order chi connectivity index (χ0) is 14.5. The van der Waals surface area contributed by atoms with Crippen LogP contribution in [0.15, 0.2) is 42.5 Å². The van der Waals surface area contributed by atoms with E-state index >= 15 is 0 Å². The Balaban J connectivity index is 2.13. The van der Waals surface area contributed by atoms with Gasteiger partial charge in [-0.05, 0) is 36.2 Å². The topological polar surface area (TPSA) is 55.5 Å². The van der Waals surface area contributed by atoms with Crippen LogP contribution in [0.4, 0.5) is 0 Å². The number of benzene rings is 2. The van der Waals surface area contributed by atoms with Gasteiger partial charge >= 0.3 is 0 Å². The number of rotatable bonds is 5. The smallest absolute Gasteiger partial charge is 0.128 e. The molecule has 2 aromatic rings. The van der Waals surface area contributed by atoms with Gasteiger partial charge in [0.15, 0.2) is 0 Å². The third-order valence-corrected chi connectivity index (χ3v) is 3.30. The van der Waals surface area contributed by atoms with Crippen LogP contribution in [0.2, 0.25) is 5.02 Å². The summed E-state index contributed by atoms with van der Waals surface area (Å²) in [5.41, 5.74) is 7.24. The van der Waals surface area contributed by atoms with E-state index in [0.29, 0.717) is 28.5 Å². The first-order valence-corrected chi connectivity index (χ1v) is 6.86. The zero-order valence-corrected chi connectivity index (χ0v) is 12.2. The van der Waals surface area contributed by atoms with Gasteiger partial charge in [0.25, 0.3) is 0 Å². The minimum Gasteiger partial charge on any atom is -0.457 e. The molecule has 0 atom stereocenters. The van der Waals surface area contributed by atoms with Crippen LogP contribution in [-0.2, 0) is 6.42 Å². The highest BCUT2D eigenvalue weighted by atomic mass is 35.5. The molecule has 5 heteroatoms. The second-order valence-corrected chi connectivity index (χ2v) is 5.07. The molecule has 3 nitrogen and oxygen atoms in total. The van der Waals surface area contributed by atoms with E-state index < -0.39 is 0 Å². The molecule has 0 saturated carbocycles. The van der Waals surface area contributed by atoms with Crippen LogP contribution in [0.3, 0.4) is 0 Å². The first-order valence-electron chi connectivity index (χ1n) is 6.07. The second kappa shape index (κ2) is 6.70. The van der Waals surface area contributed by atoms with Gasteiger partial charge in [0, 0.05) is 18.2 Å². The normalized spacial score (nSPS) is 10.3. The molecule has 0 aromatic heterocycles. The van der Waals surface area contributed by atoms with Gasteiger partial charge in [-0.3, -0.25) is 0 Å². The summed E-state index contributed by atoms with van der Waals surface area (Å²) >= 11 is 11.0. The van der Waals surface area contributed by atoms with Crippen molar-refractivity contribution in [1.82, 2.24) is 0 Å². The number of aliphatic hydroxyl groups is 1. The van der Waals surface area contributed by atoms with Crippen LogP contribution in [0.25, 0.3) is 0 Å². The van der Waals surface area contributed by atoms with E-state index in [-0.39, 0.29) is 11.6 Å². The predicted molar refractivity (Wildman–Crippen MR) is 84.6 cm³/mol. The molecule has 0 amide bonds. The average Bonchev–Trinajstić information content (AvgIpc) is 2.41. The van der Waals surface area contributed by atoms with Gasteiger partial charge in [-0.25, -0.2) is 0 Å². The molecule has 0 saturated heterocycles. The minimum absolute atomic E-state index is 0.135. The van der Waals surface area contributed by atoms with E-state index in [9.17, 15) is 0 Å². The molecule has 0 aliphatic rings. The molecular weight excluding hydrogens is 294 g/mol. The lowest BCUT2D eigenvalue weighted by atomic mass is 10.1. The number of thiocarbonyl (C=S) groups is 1. The minimum atomic E-state index is 0.135. The van der Waals surface area contributed by atoms with Gasteiger partial charge in [0.1, 0.15) is 16.5 Å². The lowest BCUT2D eigenvalue weighted by Gasteiger charge is -2.09. The number of aliphatic hydroxyl groups excluding tert-OH is 1. The van der Waals surface area contributed by atoms with E-state index in [1.807, 2.05) is 24.3 Å². The van der Waals surface area contributed by atoms with Crippen LogP contribution in [0.1, 0.15) is 11.1 Å². The summed E-state index contributed by atoms with van der Waals surface area (Å²) in [6.45, 7) is 0.135. The first-order chi connectivity index (χ1) is 9.60. The highest BCUT2D eigenvalue weighted by Crippen LogP contribution is 2.27. The molecular formula is C15H14ClNO2S. The Morgan fingerprint density at radius 1 is 1.15 bits per heavy atom. The molecule has 0 radical (unpaired) electrons. The van der Waals surface area contributed by atoms with Crippen LogP contribution in [0, 0.1) is 0 Å². The SMILES string of the molecule is NC(=S)c1ccc(Oc2ccc(CCO)cc2)cc1Cl. The van der Waals surface area contributed by atoms with Gasteiger partial charge in [0.2, 0.25) is 0 Å². The summed E-state index contributed by atoms with van der Waals surface area (Å²) in [7, 11) is 0. The quantitative estimate of drug-likeness (QED) is 0.832. The number of hydrogen-bond acceptors (Lipinski definition) is 3. The summed E-state index contributed by atoms with van der Waals surface area (Å²) in [5.74, 6) is 1.32. The summed E-state index contributed by atoms with van der Waals surface area (Å²) in [5, 5.41) is 9.32. The van der Waals surface area contributed by atoms with Gasteiger partial charge in [-0.2, -0.15) is 0 Å². The number of ether oxygens (including phenoxy) is 1. The van der Waals surface area contributed by atoms with Crippen LogP contribution < -0.4 is 10.5 Å². The molecule has 0 bridgehead atoms. The van der Waals surface area contributed by atoms with E-state index in [2.05, 4.69) is 0 Å². The lowest BCUT2D eigenvalue weighted by molar-refractivity contribution is 0.299. The Hall–Kier alpha value is -1.62. The third kappa shape index (κ3) is 3.70. The van der Waals surface area contributed by atoms with Crippen molar-refractivity contribution in [2.45, 2.75) is 6.42 Å². The van der Waals surface area contributed by atoms with Crippen molar-refractivity contribution in [2.75, 3.05) is 6.61 Å². The highest BCUT2D eigenvalue weighted by Gasteiger charge is 2.06. The maximum absolute atomic E-state index is 8.86. The Kier molecular flexibility index (Phi) is 4.95. The molecule has 0 aliphatic carbocycles. The van der Waals surface area contributed by atoms with E-state index in [1.165, 1.54) is 0 Å². The molecule has 0 aliphatic heterocycles. The van der Waals surface area contributed by atoms with Crippen molar-refractivity contribution in [3.8, 4) is 11.5 Å². The van der Waals surface area contributed by atoms with E-state index in [0.717, 1.165) is 5.56 Å². The molecule has 2 aromatic carbocycles. The van der Waals surface area contributed by atoms with Crippen LogP contribution in [-0.4, -0.2) is 16.7 Å². The van der Waals surface area contributed by atoms with Crippen molar-refractivity contribution < 1.29 is 9.84 Å². The molecule has 2 rings (SSSR count). The highest BCUT2D eigenvalue weighted by molar-refractivity contribution is 7.80. The molecule has 0 heterocycles. The predicted octanol–water partition coefficient (Wildman–Crippen LogP) is 3.30. The Morgan fingerprint density at radius 2 is 1.80 bits per heavy atom. The number of hydrogen-bond donors (Lipinski definition) is 2. The maximum atomic E-state index is 8.86. The summed E-state index contributed by atoms with van der Waals surface area (Å²) in [6.07, 6.45) is 0.634. The van der Waals surface area contributed by atoms with Crippen LogP contribution >= 0.6 is 23.8 Å². The van der Waals surface area contributed by atoms with Crippen molar-refractivity contribution in [3.63, 3.8) is 0 Å². The maximum Gasteiger partial charge on any atom is 0.128 e. The van der Waals surface area contributed by atoms with E-state index in [4.69, 9.17) is 39.4 Å². The molecule has 0 spiro atoms. The van der Waals surface area contributed by atoms with Gasteiger partial charge < -0.3 is 15.6 Å². The third-order valence-electron chi connectivity index (χ3n) is 2.77. The zero-order valence-electron chi connectivity index (χ0n) is 10.7. The lowest BCUT2D eigenvalue weighted by Crippen LogP contribution is -2.09.